The summed E-state index contributed by atoms with van der Waals surface area (Å²) < 4.78 is 18.3. The summed E-state index contributed by atoms with van der Waals surface area (Å²) in [4.78, 5) is 8.70. The molecule has 0 aliphatic carbocycles. The maximum atomic E-state index is 13.3. The Hall–Kier alpha value is -2.01. The highest BCUT2D eigenvalue weighted by molar-refractivity contribution is 5.63. The van der Waals surface area contributed by atoms with Gasteiger partial charge in [-0.05, 0) is 30.7 Å². The number of hydrogen-bond acceptors (Lipinski definition) is 4. The van der Waals surface area contributed by atoms with Crippen molar-refractivity contribution in [2.24, 2.45) is 0 Å². The van der Waals surface area contributed by atoms with E-state index >= 15 is 0 Å². The number of rotatable bonds is 4. The van der Waals surface area contributed by atoms with Gasteiger partial charge in [0.05, 0.1) is 5.69 Å². The Morgan fingerprint density at radius 2 is 2.05 bits per heavy atom. The van der Waals surface area contributed by atoms with E-state index in [9.17, 15) is 4.39 Å². The number of aromatic nitrogens is 2. The Balaban J connectivity index is 2.47. The first-order chi connectivity index (χ1) is 9.13. The summed E-state index contributed by atoms with van der Waals surface area (Å²) in [6.45, 7) is 2.07. The Labute approximate surface area is 111 Å². The quantitative estimate of drug-likeness (QED) is 0.919. The lowest BCUT2D eigenvalue weighted by Crippen LogP contribution is -2.03. The zero-order valence-electron chi connectivity index (χ0n) is 11.2. The molecule has 1 N–H and O–H groups in total. The zero-order chi connectivity index (χ0) is 13.8. The van der Waals surface area contributed by atoms with E-state index in [1.165, 1.54) is 6.07 Å². The molecule has 0 atom stereocenters. The smallest absolute Gasteiger partial charge is 0.157 e. The molecule has 0 spiro atoms. The summed E-state index contributed by atoms with van der Waals surface area (Å²) in [5.74, 6) is 1.08. The summed E-state index contributed by atoms with van der Waals surface area (Å²) in [6.07, 6.45) is 0. The molecular formula is C14H16FN3O. The minimum Gasteiger partial charge on any atom is -0.377 e. The van der Waals surface area contributed by atoms with Gasteiger partial charge >= 0.3 is 0 Å². The first-order valence-corrected chi connectivity index (χ1v) is 5.95. The largest absolute Gasteiger partial charge is 0.377 e. The van der Waals surface area contributed by atoms with Gasteiger partial charge in [-0.25, -0.2) is 14.4 Å². The van der Waals surface area contributed by atoms with E-state index in [4.69, 9.17) is 4.74 Å². The van der Waals surface area contributed by atoms with Gasteiger partial charge in [0.15, 0.2) is 5.82 Å². The van der Waals surface area contributed by atoms with Crippen molar-refractivity contribution in [1.29, 1.82) is 0 Å². The third-order valence-corrected chi connectivity index (χ3v) is 2.76. The van der Waals surface area contributed by atoms with Gasteiger partial charge in [-0.15, -0.1) is 0 Å². The minimum absolute atomic E-state index is 0.219. The van der Waals surface area contributed by atoms with Gasteiger partial charge < -0.3 is 10.1 Å². The monoisotopic (exact) mass is 261 g/mol. The molecule has 0 aliphatic rings. The topological polar surface area (TPSA) is 47.0 Å². The second-order valence-corrected chi connectivity index (χ2v) is 4.20. The number of aryl methyl sites for hydroxylation is 1. The van der Waals surface area contributed by atoms with Crippen LogP contribution in [0, 0.1) is 12.7 Å². The Morgan fingerprint density at radius 3 is 2.68 bits per heavy atom. The van der Waals surface area contributed by atoms with E-state index in [0.717, 1.165) is 11.3 Å². The highest BCUT2D eigenvalue weighted by atomic mass is 19.1. The van der Waals surface area contributed by atoms with Gasteiger partial charge in [-0.2, -0.15) is 0 Å². The van der Waals surface area contributed by atoms with Crippen LogP contribution in [0.1, 0.15) is 11.4 Å². The van der Waals surface area contributed by atoms with Crippen LogP contribution in [-0.2, 0) is 11.3 Å². The Bertz CT molecular complexity index is 587. The third-order valence-electron chi connectivity index (χ3n) is 2.76. The highest BCUT2D eigenvalue weighted by Crippen LogP contribution is 2.22. The zero-order valence-corrected chi connectivity index (χ0v) is 11.2. The summed E-state index contributed by atoms with van der Waals surface area (Å²) >= 11 is 0. The standard InChI is InChI=1S/C14H16FN3O/c1-9-6-10(4-5-11(9)15)12-7-13(16-2)18-14(17-12)8-19-3/h4-7H,8H2,1-3H3,(H,16,17,18). The molecule has 1 heterocycles. The average Bonchev–Trinajstić information content (AvgIpc) is 2.42. The summed E-state index contributed by atoms with van der Waals surface area (Å²) in [6, 6.07) is 6.75. The predicted molar refractivity (Wildman–Crippen MR) is 72.4 cm³/mol. The van der Waals surface area contributed by atoms with Crippen molar-refractivity contribution in [1.82, 2.24) is 9.97 Å². The van der Waals surface area contributed by atoms with Gasteiger partial charge in [-0.3, -0.25) is 0 Å². The molecule has 0 bridgehead atoms. The van der Waals surface area contributed by atoms with Crippen LogP contribution in [0.4, 0.5) is 10.2 Å². The van der Waals surface area contributed by atoms with Crippen molar-refractivity contribution in [2.75, 3.05) is 19.5 Å². The molecule has 0 saturated heterocycles. The van der Waals surface area contributed by atoms with E-state index < -0.39 is 0 Å². The molecule has 0 unspecified atom stereocenters. The maximum Gasteiger partial charge on any atom is 0.157 e. The number of ether oxygens (including phenoxy) is 1. The number of methoxy groups -OCH3 is 1. The first kappa shape index (κ1) is 13.4. The average molecular weight is 261 g/mol. The molecular weight excluding hydrogens is 245 g/mol. The second kappa shape index (κ2) is 5.75. The SMILES string of the molecule is CNc1cc(-c2ccc(F)c(C)c2)nc(COC)n1. The lowest BCUT2D eigenvalue weighted by atomic mass is 10.1. The van der Waals surface area contributed by atoms with E-state index in [2.05, 4.69) is 15.3 Å². The van der Waals surface area contributed by atoms with Gasteiger partial charge in [0.2, 0.25) is 0 Å². The number of anilines is 1. The number of benzene rings is 1. The molecule has 5 heteroatoms. The number of hydrogen-bond donors (Lipinski definition) is 1. The molecule has 2 aromatic rings. The lowest BCUT2D eigenvalue weighted by Gasteiger charge is -2.08. The van der Waals surface area contributed by atoms with Crippen LogP contribution in [0.2, 0.25) is 0 Å². The van der Waals surface area contributed by atoms with E-state index in [1.807, 2.05) is 6.07 Å². The van der Waals surface area contributed by atoms with Crippen molar-refractivity contribution in [3.8, 4) is 11.3 Å². The van der Waals surface area contributed by atoms with Crippen LogP contribution in [0.15, 0.2) is 24.3 Å². The van der Waals surface area contributed by atoms with E-state index in [-0.39, 0.29) is 5.82 Å². The molecule has 0 fully saturated rings. The van der Waals surface area contributed by atoms with Gasteiger partial charge in [-0.1, -0.05) is 0 Å². The fraction of sp³-hybridized carbons (Fsp3) is 0.286. The van der Waals surface area contributed by atoms with Crippen LogP contribution in [0.5, 0.6) is 0 Å². The Kier molecular flexibility index (Phi) is 4.06. The lowest BCUT2D eigenvalue weighted by molar-refractivity contribution is 0.178. The van der Waals surface area contributed by atoms with Crippen LogP contribution < -0.4 is 5.32 Å². The van der Waals surface area contributed by atoms with Gasteiger partial charge in [0, 0.05) is 25.8 Å². The molecule has 0 radical (unpaired) electrons. The van der Waals surface area contributed by atoms with Gasteiger partial charge in [0.1, 0.15) is 18.2 Å². The van der Waals surface area contributed by atoms with Crippen molar-refractivity contribution in [3.05, 3.63) is 41.5 Å². The summed E-state index contributed by atoms with van der Waals surface area (Å²) in [7, 11) is 3.38. The molecule has 4 nitrogen and oxygen atoms in total. The van der Waals surface area contributed by atoms with Crippen molar-refractivity contribution in [2.45, 2.75) is 13.5 Å². The Morgan fingerprint density at radius 1 is 1.26 bits per heavy atom. The predicted octanol–water partition coefficient (Wildman–Crippen LogP) is 2.78. The molecule has 1 aromatic carbocycles. The van der Waals surface area contributed by atoms with Gasteiger partial charge in [0.25, 0.3) is 0 Å². The fourth-order valence-corrected chi connectivity index (χ4v) is 1.77. The minimum atomic E-state index is -0.219. The van der Waals surface area contributed by atoms with Crippen molar-refractivity contribution in [3.63, 3.8) is 0 Å². The highest BCUT2D eigenvalue weighted by Gasteiger charge is 2.07. The van der Waals surface area contributed by atoms with Crippen LogP contribution in [0.3, 0.4) is 0 Å². The molecule has 1 aromatic heterocycles. The number of nitrogens with zero attached hydrogens (tertiary/aromatic N) is 2. The molecule has 0 amide bonds. The maximum absolute atomic E-state index is 13.3. The van der Waals surface area contributed by atoms with E-state index in [0.29, 0.717) is 23.8 Å². The number of nitrogens with one attached hydrogen (secondary N) is 1. The molecule has 2 rings (SSSR count). The summed E-state index contributed by atoms with van der Waals surface area (Å²) in [5, 5.41) is 2.98. The molecule has 19 heavy (non-hydrogen) atoms. The van der Waals surface area contributed by atoms with E-state index in [1.54, 1.807) is 33.2 Å². The second-order valence-electron chi connectivity index (χ2n) is 4.20. The molecule has 100 valence electrons. The fourth-order valence-electron chi connectivity index (χ4n) is 1.77. The summed E-state index contributed by atoms with van der Waals surface area (Å²) in [5.41, 5.74) is 2.19. The molecule has 0 saturated carbocycles. The number of halogens is 1. The normalized spacial score (nSPS) is 10.5. The van der Waals surface area contributed by atoms with Crippen molar-refractivity contribution >= 4 is 5.82 Å². The van der Waals surface area contributed by atoms with Crippen LogP contribution >= 0.6 is 0 Å². The van der Waals surface area contributed by atoms with Crippen LogP contribution in [0.25, 0.3) is 11.3 Å². The first-order valence-electron chi connectivity index (χ1n) is 5.95. The van der Waals surface area contributed by atoms with Crippen molar-refractivity contribution < 1.29 is 9.13 Å². The third kappa shape index (κ3) is 3.06. The van der Waals surface area contributed by atoms with Crippen LogP contribution in [-0.4, -0.2) is 24.1 Å². The molecule has 0 aliphatic heterocycles.